The number of aromatic hydroxyl groups is 1. The molecule has 4 heteroatoms. The van der Waals surface area contributed by atoms with Crippen LogP contribution in [-0.2, 0) is 6.42 Å². The van der Waals surface area contributed by atoms with E-state index < -0.39 is 0 Å². The highest BCUT2D eigenvalue weighted by molar-refractivity contribution is 6.16. The molecular formula is C21H16N2O2. The van der Waals surface area contributed by atoms with E-state index in [1.807, 2.05) is 54.6 Å². The molecule has 122 valence electrons. The van der Waals surface area contributed by atoms with Gasteiger partial charge in [0.1, 0.15) is 5.75 Å². The molecule has 3 aromatic rings. The lowest BCUT2D eigenvalue weighted by molar-refractivity contribution is 0.112. The van der Waals surface area contributed by atoms with Crippen LogP contribution in [0.1, 0.15) is 32.6 Å². The van der Waals surface area contributed by atoms with Crippen molar-refractivity contribution in [1.82, 2.24) is 0 Å². The van der Waals surface area contributed by atoms with Gasteiger partial charge in [-0.05, 0) is 23.8 Å². The molecule has 1 aliphatic rings. The first-order valence-electron chi connectivity index (χ1n) is 8.05. The van der Waals surface area contributed by atoms with E-state index in [1.54, 1.807) is 12.1 Å². The molecule has 0 saturated carbocycles. The molecule has 0 saturated heterocycles. The number of para-hydroxylation sites is 1. The average molecular weight is 328 g/mol. The third-order valence-corrected chi connectivity index (χ3v) is 4.42. The number of phenolic OH excluding ortho intramolecular Hbond substituents is 1. The summed E-state index contributed by atoms with van der Waals surface area (Å²) < 4.78 is 0. The number of hydrogen-bond donors (Lipinski definition) is 2. The van der Waals surface area contributed by atoms with Crippen LogP contribution < -0.4 is 5.43 Å². The van der Waals surface area contributed by atoms with Gasteiger partial charge in [0.15, 0.2) is 6.29 Å². The summed E-state index contributed by atoms with van der Waals surface area (Å²) in [5.74, 6) is 0.271. The summed E-state index contributed by atoms with van der Waals surface area (Å²) in [5.41, 5.74) is 8.86. The zero-order chi connectivity index (χ0) is 17.2. The number of rotatable bonds is 3. The Hall–Kier alpha value is -3.40. The van der Waals surface area contributed by atoms with E-state index >= 15 is 0 Å². The van der Waals surface area contributed by atoms with Crippen molar-refractivity contribution in [3.05, 3.63) is 94.5 Å². The number of phenols is 1. The van der Waals surface area contributed by atoms with Crippen LogP contribution in [0.5, 0.6) is 5.75 Å². The third kappa shape index (κ3) is 2.68. The monoisotopic (exact) mass is 328 g/mol. The van der Waals surface area contributed by atoms with Gasteiger partial charge in [0.05, 0.1) is 11.4 Å². The fraction of sp³-hybridized carbons (Fsp3) is 0.0476. The summed E-state index contributed by atoms with van der Waals surface area (Å²) in [5, 5.41) is 14.8. The first-order valence-corrected chi connectivity index (χ1v) is 8.05. The quantitative estimate of drug-likeness (QED) is 0.442. The highest BCUT2D eigenvalue weighted by Crippen LogP contribution is 2.33. The first-order chi connectivity index (χ1) is 12.3. The molecule has 0 spiro atoms. The van der Waals surface area contributed by atoms with Gasteiger partial charge >= 0.3 is 0 Å². The molecule has 2 N–H and O–H groups in total. The number of aldehydes is 1. The van der Waals surface area contributed by atoms with Crippen molar-refractivity contribution in [1.29, 1.82) is 0 Å². The summed E-state index contributed by atoms with van der Waals surface area (Å²) >= 11 is 0. The number of benzene rings is 3. The molecule has 0 heterocycles. The van der Waals surface area contributed by atoms with Gasteiger partial charge in [-0.15, -0.1) is 0 Å². The maximum Gasteiger partial charge on any atom is 0.152 e. The van der Waals surface area contributed by atoms with Crippen LogP contribution in [0.3, 0.4) is 0 Å². The van der Waals surface area contributed by atoms with Crippen molar-refractivity contribution < 1.29 is 9.90 Å². The van der Waals surface area contributed by atoms with Crippen LogP contribution >= 0.6 is 0 Å². The summed E-state index contributed by atoms with van der Waals surface area (Å²) in [6.07, 6.45) is 1.47. The molecule has 1 aliphatic carbocycles. The van der Waals surface area contributed by atoms with Crippen molar-refractivity contribution >= 4 is 17.7 Å². The second-order valence-corrected chi connectivity index (χ2v) is 5.91. The van der Waals surface area contributed by atoms with Crippen molar-refractivity contribution in [2.75, 3.05) is 5.43 Å². The van der Waals surface area contributed by atoms with E-state index in [2.05, 4.69) is 10.5 Å². The van der Waals surface area contributed by atoms with Crippen LogP contribution in [0.2, 0.25) is 0 Å². The molecule has 0 radical (unpaired) electrons. The van der Waals surface area contributed by atoms with Crippen molar-refractivity contribution in [2.24, 2.45) is 5.10 Å². The van der Waals surface area contributed by atoms with E-state index in [4.69, 9.17) is 0 Å². The van der Waals surface area contributed by atoms with Crippen LogP contribution in [0.15, 0.2) is 71.8 Å². The van der Waals surface area contributed by atoms with Gasteiger partial charge < -0.3 is 5.11 Å². The minimum absolute atomic E-state index is 0.271. The third-order valence-electron chi connectivity index (χ3n) is 4.42. The number of hydrogen-bond acceptors (Lipinski definition) is 4. The topological polar surface area (TPSA) is 61.7 Å². The van der Waals surface area contributed by atoms with Gasteiger partial charge in [-0.2, -0.15) is 5.10 Å². The lowest BCUT2D eigenvalue weighted by atomic mass is 9.84. The van der Waals surface area contributed by atoms with Crippen LogP contribution in [0.4, 0.5) is 5.69 Å². The van der Waals surface area contributed by atoms with Gasteiger partial charge in [0.25, 0.3) is 0 Å². The van der Waals surface area contributed by atoms with E-state index in [9.17, 15) is 9.90 Å². The second kappa shape index (κ2) is 6.24. The molecule has 3 aromatic carbocycles. The standard InChI is InChI=1S/C21H16N2O2/c24-13-15-7-2-4-10-19(15)22-23-21-16-8-3-1-6-14(16)12-18-17(21)9-5-11-20(18)25/h1-11,13,22,25H,12H2. The summed E-state index contributed by atoms with van der Waals surface area (Å²) in [4.78, 5) is 11.2. The van der Waals surface area contributed by atoms with Gasteiger partial charge in [-0.1, -0.05) is 48.5 Å². The lowest BCUT2D eigenvalue weighted by Gasteiger charge is -2.22. The summed E-state index contributed by atoms with van der Waals surface area (Å²) in [7, 11) is 0. The number of hydrazone groups is 1. The SMILES string of the molecule is O=Cc1ccccc1NN=C1c2ccccc2Cc2c(O)cccc21. The lowest BCUT2D eigenvalue weighted by Crippen LogP contribution is -2.17. The Balaban J connectivity index is 1.84. The van der Waals surface area contributed by atoms with E-state index in [1.165, 1.54) is 0 Å². The molecule has 0 aromatic heterocycles. The summed E-state index contributed by atoms with van der Waals surface area (Å²) in [6, 6.07) is 20.7. The molecule has 0 amide bonds. The Morgan fingerprint density at radius 1 is 0.920 bits per heavy atom. The van der Waals surface area contributed by atoms with Crippen LogP contribution in [-0.4, -0.2) is 17.1 Å². The van der Waals surface area contributed by atoms with Gasteiger partial charge in [0.2, 0.25) is 0 Å². The Bertz CT molecular complexity index is 993. The number of fused-ring (bicyclic) bond motifs is 2. The number of nitrogens with zero attached hydrogens (tertiary/aromatic N) is 1. The summed E-state index contributed by atoms with van der Waals surface area (Å²) in [6.45, 7) is 0. The molecule has 0 aliphatic heterocycles. The molecular weight excluding hydrogens is 312 g/mol. The van der Waals surface area contributed by atoms with Crippen molar-refractivity contribution in [2.45, 2.75) is 6.42 Å². The zero-order valence-electron chi connectivity index (χ0n) is 13.4. The Morgan fingerprint density at radius 3 is 2.56 bits per heavy atom. The predicted molar refractivity (Wildman–Crippen MR) is 98.4 cm³/mol. The normalized spacial score (nSPS) is 13.8. The highest BCUT2D eigenvalue weighted by Gasteiger charge is 2.23. The molecule has 4 rings (SSSR count). The predicted octanol–water partition coefficient (Wildman–Crippen LogP) is 3.97. The van der Waals surface area contributed by atoms with Crippen molar-refractivity contribution in [3.8, 4) is 5.75 Å². The van der Waals surface area contributed by atoms with E-state index in [0.29, 0.717) is 17.7 Å². The van der Waals surface area contributed by atoms with Crippen LogP contribution in [0.25, 0.3) is 0 Å². The Labute approximate surface area is 145 Å². The number of carbonyl (C=O) groups is 1. The fourth-order valence-corrected chi connectivity index (χ4v) is 3.16. The highest BCUT2D eigenvalue weighted by atomic mass is 16.3. The van der Waals surface area contributed by atoms with Gasteiger partial charge in [-0.25, -0.2) is 0 Å². The molecule has 0 atom stereocenters. The molecule has 0 bridgehead atoms. The second-order valence-electron chi connectivity index (χ2n) is 5.91. The maximum atomic E-state index is 11.2. The van der Waals surface area contributed by atoms with Crippen molar-refractivity contribution in [3.63, 3.8) is 0 Å². The minimum Gasteiger partial charge on any atom is -0.508 e. The number of anilines is 1. The molecule has 4 nitrogen and oxygen atoms in total. The Morgan fingerprint density at radius 2 is 1.68 bits per heavy atom. The molecule has 0 unspecified atom stereocenters. The van der Waals surface area contributed by atoms with E-state index in [-0.39, 0.29) is 5.75 Å². The maximum absolute atomic E-state index is 11.2. The van der Waals surface area contributed by atoms with Crippen LogP contribution in [0, 0.1) is 0 Å². The van der Waals surface area contributed by atoms with Gasteiger partial charge in [0, 0.05) is 28.7 Å². The zero-order valence-corrected chi connectivity index (χ0v) is 13.4. The first kappa shape index (κ1) is 15.1. The molecule has 25 heavy (non-hydrogen) atoms. The largest absolute Gasteiger partial charge is 0.508 e. The van der Waals surface area contributed by atoms with Gasteiger partial charge in [-0.3, -0.25) is 10.2 Å². The molecule has 0 fully saturated rings. The smallest absolute Gasteiger partial charge is 0.152 e. The Kier molecular flexibility index (Phi) is 3.78. The number of carbonyl (C=O) groups excluding carboxylic acids is 1. The van der Waals surface area contributed by atoms with E-state index in [0.717, 1.165) is 34.3 Å². The fourth-order valence-electron chi connectivity index (χ4n) is 3.16. The minimum atomic E-state index is 0.271. The average Bonchev–Trinajstić information content (AvgIpc) is 2.66. The number of nitrogens with one attached hydrogen (secondary N) is 1.